The molecule has 1 N–H and O–H groups in total. The Kier molecular flexibility index (Phi) is 3.18. The molecule has 3 nitrogen and oxygen atoms in total. The van der Waals surface area contributed by atoms with Gasteiger partial charge in [0.2, 0.25) is 0 Å². The molecule has 1 aliphatic heterocycles. The van der Waals surface area contributed by atoms with Gasteiger partial charge in [-0.1, -0.05) is 6.07 Å². The highest BCUT2D eigenvalue weighted by Crippen LogP contribution is 2.19. The Morgan fingerprint density at radius 3 is 2.88 bits per heavy atom. The van der Waals surface area contributed by atoms with Crippen LogP contribution in [-0.4, -0.2) is 29.7 Å². The first-order chi connectivity index (χ1) is 7.72. The molecule has 0 atom stereocenters. The second kappa shape index (κ2) is 4.60. The maximum atomic E-state index is 13.1. The highest BCUT2D eigenvalue weighted by Gasteiger charge is 2.25. The van der Waals surface area contributed by atoms with Crippen molar-refractivity contribution in [2.75, 3.05) is 19.7 Å². The van der Waals surface area contributed by atoms with Gasteiger partial charge in [-0.2, -0.15) is 5.26 Å². The Morgan fingerprint density at radius 2 is 2.25 bits per heavy atom. The first-order valence-corrected chi connectivity index (χ1v) is 5.24. The van der Waals surface area contributed by atoms with Crippen molar-refractivity contribution in [1.82, 2.24) is 4.90 Å². The predicted octanol–water partition coefficient (Wildman–Crippen LogP) is 1.12. The number of likely N-dealkylation sites (tertiary alicyclic amines) is 1. The Labute approximate surface area is 93.7 Å². The number of hydrogen-bond donors (Lipinski definition) is 1. The summed E-state index contributed by atoms with van der Waals surface area (Å²) in [7, 11) is 0. The fourth-order valence-electron chi connectivity index (χ4n) is 1.94. The number of aliphatic hydroxyl groups is 1. The number of hydrogen-bond acceptors (Lipinski definition) is 3. The third kappa shape index (κ3) is 2.21. The molecule has 0 unspecified atom stereocenters. The lowest BCUT2D eigenvalue weighted by atomic mass is 10.00. The van der Waals surface area contributed by atoms with Crippen LogP contribution in [0.5, 0.6) is 0 Å². The third-order valence-corrected chi connectivity index (χ3v) is 2.85. The first kappa shape index (κ1) is 11.1. The average Bonchev–Trinajstić information content (AvgIpc) is 2.25. The van der Waals surface area contributed by atoms with E-state index in [-0.39, 0.29) is 12.2 Å². The Hall–Kier alpha value is -1.44. The molecule has 16 heavy (non-hydrogen) atoms. The molecule has 0 radical (unpaired) electrons. The van der Waals surface area contributed by atoms with Crippen LogP contribution in [0.3, 0.4) is 0 Å². The number of rotatable bonds is 3. The molecular weight excluding hydrogens is 207 g/mol. The topological polar surface area (TPSA) is 47.3 Å². The summed E-state index contributed by atoms with van der Waals surface area (Å²) in [6.07, 6.45) is 0. The maximum Gasteiger partial charge on any atom is 0.140 e. The molecule has 1 heterocycles. The van der Waals surface area contributed by atoms with Gasteiger partial charge in [0.05, 0.1) is 5.56 Å². The molecule has 1 aromatic rings. The standard InChI is InChI=1S/C12H13FN2O/c13-12-2-1-9(3-11(12)4-14)5-15-6-10(7-15)8-16/h1-3,10,16H,5-8H2. The zero-order chi connectivity index (χ0) is 11.5. The van der Waals surface area contributed by atoms with E-state index in [1.54, 1.807) is 12.1 Å². The Morgan fingerprint density at radius 1 is 1.50 bits per heavy atom. The summed E-state index contributed by atoms with van der Waals surface area (Å²) in [4.78, 5) is 2.16. The average molecular weight is 220 g/mol. The van der Waals surface area contributed by atoms with Crippen molar-refractivity contribution < 1.29 is 9.50 Å². The lowest BCUT2D eigenvalue weighted by Crippen LogP contribution is -2.47. The highest BCUT2D eigenvalue weighted by molar-refractivity contribution is 5.34. The molecule has 1 fully saturated rings. The molecule has 0 amide bonds. The van der Waals surface area contributed by atoms with Crippen molar-refractivity contribution in [3.8, 4) is 6.07 Å². The van der Waals surface area contributed by atoms with Gasteiger partial charge in [-0.15, -0.1) is 0 Å². The minimum absolute atomic E-state index is 0.0942. The fourth-order valence-corrected chi connectivity index (χ4v) is 1.94. The second-order valence-corrected chi connectivity index (χ2v) is 4.17. The van der Waals surface area contributed by atoms with Gasteiger partial charge in [-0.05, 0) is 17.7 Å². The van der Waals surface area contributed by atoms with Crippen LogP contribution >= 0.6 is 0 Å². The monoisotopic (exact) mass is 220 g/mol. The summed E-state index contributed by atoms with van der Waals surface area (Å²) in [6, 6.07) is 6.44. The molecule has 0 aromatic heterocycles. The maximum absolute atomic E-state index is 13.1. The SMILES string of the molecule is N#Cc1cc(CN2CC(CO)C2)ccc1F. The van der Waals surface area contributed by atoms with Gasteiger partial charge in [-0.3, -0.25) is 4.90 Å². The molecule has 0 aliphatic carbocycles. The van der Waals surface area contributed by atoms with Crippen LogP contribution in [0, 0.1) is 23.1 Å². The van der Waals surface area contributed by atoms with Gasteiger partial charge in [0.15, 0.2) is 0 Å². The van der Waals surface area contributed by atoms with Gasteiger partial charge in [-0.25, -0.2) is 4.39 Å². The van der Waals surface area contributed by atoms with Crippen LogP contribution < -0.4 is 0 Å². The van der Waals surface area contributed by atoms with Crippen LogP contribution in [-0.2, 0) is 6.54 Å². The Bertz CT molecular complexity index is 422. The smallest absolute Gasteiger partial charge is 0.140 e. The Balaban J connectivity index is 1.98. The van der Waals surface area contributed by atoms with Crippen LogP contribution in [0.1, 0.15) is 11.1 Å². The second-order valence-electron chi connectivity index (χ2n) is 4.17. The summed E-state index contributed by atoms with van der Waals surface area (Å²) in [5, 5.41) is 17.6. The van der Waals surface area contributed by atoms with Crippen LogP contribution in [0.15, 0.2) is 18.2 Å². The minimum Gasteiger partial charge on any atom is -0.396 e. The summed E-state index contributed by atoms with van der Waals surface area (Å²) in [5.41, 5.74) is 1.03. The van der Waals surface area contributed by atoms with E-state index in [0.29, 0.717) is 12.5 Å². The van der Waals surface area contributed by atoms with Crippen LogP contribution in [0.2, 0.25) is 0 Å². The largest absolute Gasteiger partial charge is 0.396 e. The van der Waals surface area contributed by atoms with E-state index in [2.05, 4.69) is 4.90 Å². The van der Waals surface area contributed by atoms with E-state index < -0.39 is 5.82 Å². The number of benzene rings is 1. The fraction of sp³-hybridized carbons (Fsp3) is 0.417. The molecule has 1 aliphatic rings. The summed E-state index contributed by atoms with van der Waals surface area (Å²) >= 11 is 0. The molecule has 0 bridgehead atoms. The highest BCUT2D eigenvalue weighted by atomic mass is 19.1. The quantitative estimate of drug-likeness (QED) is 0.830. The van der Waals surface area contributed by atoms with Crippen molar-refractivity contribution in [1.29, 1.82) is 5.26 Å². The first-order valence-electron chi connectivity index (χ1n) is 5.24. The predicted molar refractivity (Wildman–Crippen MR) is 57.0 cm³/mol. The minimum atomic E-state index is -0.469. The normalized spacial score (nSPS) is 16.8. The van der Waals surface area contributed by atoms with Crippen molar-refractivity contribution in [2.24, 2.45) is 5.92 Å². The summed E-state index contributed by atoms with van der Waals surface area (Å²) in [5.74, 6) is -0.0982. The van der Waals surface area contributed by atoms with E-state index >= 15 is 0 Å². The van der Waals surface area contributed by atoms with Crippen molar-refractivity contribution in [3.63, 3.8) is 0 Å². The number of nitrogens with zero attached hydrogens (tertiary/aromatic N) is 2. The number of halogens is 1. The van der Waals surface area contributed by atoms with Crippen molar-refractivity contribution >= 4 is 0 Å². The van der Waals surface area contributed by atoms with E-state index in [9.17, 15) is 4.39 Å². The van der Waals surface area contributed by atoms with Gasteiger partial charge in [0, 0.05) is 32.2 Å². The van der Waals surface area contributed by atoms with E-state index in [1.165, 1.54) is 6.07 Å². The zero-order valence-electron chi connectivity index (χ0n) is 8.86. The molecular formula is C12H13FN2O. The van der Waals surface area contributed by atoms with Crippen LogP contribution in [0.25, 0.3) is 0 Å². The molecule has 0 spiro atoms. The van der Waals surface area contributed by atoms with Gasteiger partial charge in [0.25, 0.3) is 0 Å². The van der Waals surface area contributed by atoms with Gasteiger partial charge < -0.3 is 5.11 Å². The van der Waals surface area contributed by atoms with E-state index in [4.69, 9.17) is 10.4 Å². The number of nitriles is 1. The van der Waals surface area contributed by atoms with Gasteiger partial charge in [0.1, 0.15) is 11.9 Å². The molecule has 1 aromatic carbocycles. The molecule has 4 heteroatoms. The molecule has 0 saturated carbocycles. The van der Waals surface area contributed by atoms with Crippen molar-refractivity contribution in [2.45, 2.75) is 6.54 Å². The van der Waals surface area contributed by atoms with Gasteiger partial charge >= 0.3 is 0 Å². The number of aliphatic hydroxyl groups excluding tert-OH is 1. The summed E-state index contributed by atoms with van der Waals surface area (Å²) in [6.45, 7) is 2.68. The lowest BCUT2D eigenvalue weighted by molar-refractivity contribution is 0.0479. The zero-order valence-corrected chi connectivity index (χ0v) is 8.86. The molecule has 84 valence electrons. The van der Waals surface area contributed by atoms with Crippen molar-refractivity contribution in [3.05, 3.63) is 35.1 Å². The van der Waals surface area contributed by atoms with E-state index in [1.807, 2.05) is 6.07 Å². The van der Waals surface area contributed by atoms with E-state index in [0.717, 1.165) is 18.7 Å². The lowest BCUT2D eigenvalue weighted by Gasteiger charge is -2.38. The molecule has 1 saturated heterocycles. The summed E-state index contributed by atoms with van der Waals surface area (Å²) < 4.78 is 13.1. The van der Waals surface area contributed by atoms with Crippen LogP contribution in [0.4, 0.5) is 4.39 Å². The third-order valence-electron chi connectivity index (χ3n) is 2.85. The molecule has 2 rings (SSSR count).